The minimum Gasteiger partial charge on any atom is -0.380 e. The molecule has 0 fully saturated rings. The zero-order valence-electron chi connectivity index (χ0n) is 14.0. The van der Waals surface area contributed by atoms with Gasteiger partial charge in [-0.2, -0.15) is 0 Å². The van der Waals surface area contributed by atoms with Crippen LogP contribution in [0.2, 0.25) is 0 Å². The molecule has 0 saturated carbocycles. The molecule has 1 N–H and O–H groups in total. The van der Waals surface area contributed by atoms with E-state index in [1.807, 2.05) is 48.5 Å². The Balaban J connectivity index is 1.58. The Hall–Kier alpha value is -2.31. The lowest BCUT2D eigenvalue weighted by Gasteiger charge is -2.28. The first-order valence-electron chi connectivity index (χ1n) is 8.03. The molecule has 130 valence electrons. The van der Waals surface area contributed by atoms with Crippen LogP contribution in [0, 0.1) is 0 Å². The summed E-state index contributed by atoms with van der Waals surface area (Å²) in [6.07, 6.45) is 0. The van der Waals surface area contributed by atoms with Crippen LogP contribution in [-0.4, -0.2) is 31.2 Å². The molecule has 3 rings (SSSR count). The number of amides is 2. The molecule has 1 heterocycles. The van der Waals surface area contributed by atoms with E-state index in [-0.39, 0.29) is 18.4 Å². The molecule has 0 spiro atoms. The molecule has 0 bridgehead atoms. The average molecular weight is 356 g/mol. The Morgan fingerprint density at radius 3 is 2.64 bits per heavy atom. The van der Waals surface area contributed by atoms with Crippen LogP contribution in [0.25, 0.3) is 0 Å². The Morgan fingerprint density at radius 1 is 1.16 bits per heavy atom. The van der Waals surface area contributed by atoms with E-state index in [1.165, 1.54) is 11.8 Å². The summed E-state index contributed by atoms with van der Waals surface area (Å²) in [6.45, 7) is 1.05. The van der Waals surface area contributed by atoms with E-state index in [2.05, 4.69) is 5.32 Å². The maximum Gasteiger partial charge on any atom is 0.240 e. The second-order valence-electron chi connectivity index (χ2n) is 5.76. The van der Waals surface area contributed by atoms with Crippen LogP contribution in [0.5, 0.6) is 0 Å². The number of carbonyl (C=O) groups is 2. The molecule has 6 heteroatoms. The van der Waals surface area contributed by atoms with Crippen LogP contribution >= 0.6 is 11.8 Å². The van der Waals surface area contributed by atoms with E-state index in [0.717, 1.165) is 21.7 Å². The third kappa shape index (κ3) is 4.41. The van der Waals surface area contributed by atoms with Crippen molar-refractivity contribution >= 4 is 29.3 Å². The van der Waals surface area contributed by atoms with E-state index in [0.29, 0.717) is 18.9 Å². The van der Waals surface area contributed by atoms with Gasteiger partial charge in [0.25, 0.3) is 0 Å². The van der Waals surface area contributed by atoms with Crippen molar-refractivity contribution in [2.24, 2.45) is 0 Å². The predicted octanol–water partition coefficient (Wildman–Crippen LogP) is 2.59. The summed E-state index contributed by atoms with van der Waals surface area (Å²) >= 11 is 1.51. The summed E-state index contributed by atoms with van der Waals surface area (Å²) in [5.41, 5.74) is 2.91. The highest BCUT2D eigenvalue weighted by molar-refractivity contribution is 8.00. The number of para-hydroxylation sites is 1. The van der Waals surface area contributed by atoms with Gasteiger partial charge in [-0.3, -0.25) is 9.59 Å². The first kappa shape index (κ1) is 17.5. The summed E-state index contributed by atoms with van der Waals surface area (Å²) in [7, 11) is 1.66. The highest BCUT2D eigenvalue weighted by Crippen LogP contribution is 2.34. The SMILES string of the molecule is COCc1ccc(CNC(=O)CN2C(=O)CSc3ccccc32)cc1. The van der Waals surface area contributed by atoms with Gasteiger partial charge in [-0.25, -0.2) is 0 Å². The molecule has 2 amide bonds. The van der Waals surface area contributed by atoms with Crippen LogP contribution in [-0.2, 0) is 27.5 Å². The minimum atomic E-state index is -0.170. The van der Waals surface area contributed by atoms with Crippen LogP contribution in [0.4, 0.5) is 5.69 Å². The van der Waals surface area contributed by atoms with Gasteiger partial charge in [0, 0.05) is 18.6 Å². The van der Waals surface area contributed by atoms with Gasteiger partial charge >= 0.3 is 0 Å². The third-order valence-electron chi connectivity index (χ3n) is 3.93. The molecule has 0 saturated heterocycles. The van der Waals surface area contributed by atoms with E-state index in [1.54, 1.807) is 12.0 Å². The van der Waals surface area contributed by atoms with Crippen molar-refractivity contribution in [1.82, 2.24) is 5.32 Å². The predicted molar refractivity (Wildman–Crippen MR) is 98.5 cm³/mol. The van der Waals surface area contributed by atoms with Gasteiger partial charge in [0.15, 0.2) is 0 Å². The van der Waals surface area contributed by atoms with Crippen molar-refractivity contribution in [2.45, 2.75) is 18.0 Å². The molecular weight excluding hydrogens is 336 g/mol. The number of benzene rings is 2. The lowest BCUT2D eigenvalue weighted by Crippen LogP contribution is -2.43. The number of thioether (sulfide) groups is 1. The smallest absolute Gasteiger partial charge is 0.240 e. The highest BCUT2D eigenvalue weighted by atomic mass is 32.2. The maximum absolute atomic E-state index is 12.3. The average Bonchev–Trinajstić information content (AvgIpc) is 2.64. The number of hydrogen-bond donors (Lipinski definition) is 1. The van der Waals surface area contributed by atoms with Crippen molar-refractivity contribution in [3.05, 3.63) is 59.7 Å². The number of nitrogens with zero attached hydrogens (tertiary/aromatic N) is 1. The van der Waals surface area contributed by atoms with Crippen molar-refractivity contribution < 1.29 is 14.3 Å². The number of ether oxygens (including phenoxy) is 1. The van der Waals surface area contributed by atoms with Crippen molar-refractivity contribution in [3.8, 4) is 0 Å². The molecule has 0 aromatic heterocycles. The fourth-order valence-electron chi connectivity index (χ4n) is 2.65. The number of fused-ring (bicyclic) bond motifs is 1. The molecule has 1 aliphatic rings. The Bertz CT molecular complexity index is 762. The molecule has 0 unspecified atom stereocenters. The lowest BCUT2D eigenvalue weighted by molar-refractivity contribution is -0.123. The van der Waals surface area contributed by atoms with Crippen molar-refractivity contribution in [3.63, 3.8) is 0 Å². The van der Waals surface area contributed by atoms with E-state index in [9.17, 15) is 9.59 Å². The summed E-state index contributed by atoms with van der Waals surface area (Å²) in [5.74, 6) is 0.157. The molecule has 25 heavy (non-hydrogen) atoms. The van der Waals surface area contributed by atoms with Gasteiger partial charge in [0.1, 0.15) is 6.54 Å². The first-order valence-corrected chi connectivity index (χ1v) is 9.01. The van der Waals surface area contributed by atoms with Gasteiger partial charge in [0.2, 0.25) is 11.8 Å². The fraction of sp³-hybridized carbons (Fsp3) is 0.263. The molecule has 2 aromatic carbocycles. The number of carbonyl (C=O) groups excluding carboxylic acids is 2. The maximum atomic E-state index is 12.3. The Labute approximate surface area is 151 Å². The zero-order chi connectivity index (χ0) is 17.6. The van der Waals surface area contributed by atoms with E-state index >= 15 is 0 Å². The minimum absolute atomic E-state index is 0.0391. The molecule has 5 nitrogen and oxygen atoms in total. The fourth-order valence-corrected chi connectivity index (χ4v) is 3.58. The standard InChI is InChI=1S/C19H20N2O3S/c1-24-12-15-8-6-14(7-9-15)10-20-18(22)11-21-16-4-2-3-5-17(16)25-13-19(21)23/h2-9H,10-13H2,1H3,(H,20,22). The van der Waals surface area contributed by atoms with Crippen molar-refractivity contribution in [2.75, 3.05) is 24.3 Å². The Kier molecular flexibility index (Phi) is 5.73. The molecule has 1 aliphatic heterocycles. The summed E-state index contributed by atoms with van der Waals surface area (Å²) in [4.78, 5) is 27.0. The van der Waals surface area contributed by atoms with Gasteiger partial charge in [0.05, 0.1) is 18.0 Å². The first-order chi connectivity index (χ1) is 12.2. The van der Waals surface area contributed by atoms with E-state index in [4.69, 9.17) is 4.74 Å². The second kappa shape index (κ2) is 8.18. The molecule has 0 radical (unpaired) electrons. The normalized spacial score (nSPS) is 13.5. The van der Waals surface area contributed by atoms with Gasteiger partial charge in [-0.05, 0) is 23.3 Å². The molecule has 0 aliphatic carbocycles. The summed E-state index contributed by atoms with van der Waals surface area (Å²) in [6, 6.07) is 15.6. The number of hydrogen-bond acceptors (Lipinski definition) is 4. The van der Waals surface area contributed by atoms with Crippen LogP contribution in [0.3, 0.4) is 0 Å². The zero-order valence-corrected chi connectivity index (χ0v) is 14.8. The quantitative estimate of drug-likeness (QED) is 0.864. The second-order valence-corrected chi connectivity index (χ2v) is 6.78. The molecule has 0 atom stereocenters. The van der Waals surface area contributed by atoms with E-state index < -0.39 is 0 Å². The largest absolute Gasteiger partial charge is 0.380 e. The lowest BCUT2D eigenvalue weighted by atomic mass is 10.1. The monoisotopic (exact) mass is 356 g/mol. The number of anilines is 1. The van der Waals surface area contributed by atoms with Gasteiger partial charge in [-0.15, -0.1) is 11.8 Å². The number of rotatable bonds is 6. The van der Waals surface area contributed by atoms with Crippen molar-refractivity contribution in [1.29, 1.82) is 0 Å². The van der Waals surface area contributed by atoms with Crippen LogP contribution in [0.1, 0.15) is 11.1 Å². The summed E-state index contributed by atoms with van der Waals surface area (Å²) < 4.78 is 5.08. The van der Waals surface area contributed by atoms with Crippen LogP contribution < -0.4 is 10.2 Å². The van der Waals surface area contributed by atoms with Gasteiger partial charge in [-0.1, -0.05) is 36.4 Å². The topological polar surface area (TPSA) is 58.6 Å². The van der Waals surface area contributed by atoms with Gasteiger partial charge < -0.3 is 15.0 Å². The third-order valence-corrected chi connectivity index (χ3v) is 4.98. The number of methoxy groups -OCH3 is 1. The molecular formula is C19H20N2O3S. The molecule has 2 aromatic rings. The van der Waals surface area contributed by atoms with Crippen LogP contribution in [0.15, 0.2) is 53.4 Å². The summed E-state index contributed by atoms with van der Waals surface area (Å²) in [5, 5.41) is 2.88. The Morgan fingerprint density at radius 2 is 1.88 bits per heavy atom. The number of nitrogens with one attached hydrogen (secondary N) is 1. The highest BCUT2D eigenvalue weighted by Gasteiger charge is 2.25.